The monoisotopic (exact) mass is 283 g/mol. The molecule has 0 saturated carbocycles. The Bertz CT molecular complexity index is 303. The number of aliphatic hydroxyl groups is 1. The number of aliphatic hydroxyl groups excluding tert-OH is 1. The predicted molar refractivity (Wildman–Crippen MR) is 65.8 cm³/mol. The number of rotatable bonds is 7. The van der Waals surface area contributed by atoms with Gasteiger partial charge in [-0.1, -0.05) is 0 Å². The van der Waals surface area contributed by atoms with E-state index in [0.717, 1.165) is 0 Å². The maximum Gasteiger partial charge on any atom is 0.532 e. The first kappa shape index (κ1) is 17.5. The van der Waals surface area contributed by atoms with E-state index in [1.54, 1.807) is 27.7 Å². The van der Waals surface area contributed by atoms with Crippen LogP contribution in [0.2, 0.25) is 0 Å². The van der Waals surface area contributed by atoms with Crippen LogP contribution in [0.15, 0.2) is 0 Å². The van der Waals surface area contributed by atoms with Crippen LogP contribution in [0, 0.1) is 0 Å². The Labute approximate surface area is 107 Å². The third-order valence-corrected chi connectivity index (χ3v) is 3.44. The SMILES string of the molecule is CC(C)OP(=O)(OC(=O)[C@@H](N)[C@@H](C)O)OC(C)C. The van der Waals surface area contributed by atoms with E-state index in [-0.39, 0.29) is 0 Å². The summed E-state index contributed by atoms with van der Waals surface area (Å²) in [5.74, 6) is -1.03. The van der Waals surface area contributed by atoms with E-state index >= 15 is 0 Å². The number of carbonyl (C=O) groups is 1. The van der Waals surface area contributed by atoms with Gasteiger partial charge < -0.3 is 15.4 Å². The lowest BCUT2D eigenvalue weighted by Gasteiger charge is -2.23. The third-order valence-electron chi connectivity index (χ3n) is 1.67. The summed E-state index contributed by atoms with van der Waals surface area (Å²) in [7, 11) is -4.02. The Morgan fingerprint density at radius 2 is 1.50 bits per heavy atom. The Kier molecular flexibility index (Phi) is 7.02. The Balaban J connectivity index is 4.79. The molecule has 8 heteroatoms. The molecule has 0 spiro atoms. The Morgan fingerprint density at radius 1 is 1.11 bits per heavy atom. The van der Waals surface area contributed by atoms with Crippen LogP contribution in [0.1, 0.15) is 34.6 Å². The molecule has 0 aliphatic rings. The lowest BCUT2D eigenvalue weighted by atomic mass is 10.2. The number of hydrogen-bond acceptors (Lipinski definition) is 7. The first-order valence-electron chi connectivity index (χ1n) is 5.71. The molecule has 0 aromatic carbocycles. The van der Waals surface area contributed by atoms with Crippen LogP contribution in [0.4, 0.5) is 0 Å². The summed E-state index contributed by atoms with van der Waals surface area (Å²) in [4.78, 5) is 11.5. The number of phosphoric ester groups is 1. The van der Waals surface area contributed by atoms with Crippen molar-refractivity contribution in [2.45, 2.75) is 59.0 Å². The molecular formula is C10H22NO6P. The average Bonchev–Trinajstić information content (AvgIpc) is 2.12. The Hall–Kier alpha value is -0.460. The zero-order valence-electron chi connectivity index (χ0n) is 11.3. The van der Waals surface area contributed by atoms with E-state index in [2.05, 4.69) is 4.52 Å². The van der Waals surface area contributed by atoms with Gasteiger partial charge in [0.25, 0.3) is 0 Å². The molecule has 0 aromatic heterocycles. The molecule has 18 heavy (non-hydrogen) atoms. The van der Waals surface area contributed by atoms with Gasteiger partial charge in [-0.15, -0.1) is 0 Å². The molecule has 0 aliphatic heterocycles. The summed E-state index contributed by atoms with van der Waals surface area (Å²) >= 11 is 0. The maximum atomic E-state index is 12.1. The van der Waals surface area contributed by atoms with Gasteiger partial charge in [-0.05, 0) is 34.6 Å². The summed E-state index contributed by atoms with van der Waals surface area (Å²) in [5, 5.41) is 9.15. The maximum absolute atomic E-state index is 12.1. The molecule has 0 amide bonds. The largest absolute Gasteiger partial charge is 0.532 e. The van der Waals surface area contributed by atoms with E-state index in [1.165, 1.54) is 6.92 Å². The van der Waals surface area contributed by atoms with Crippen LogP contribution in [0.5, 0.6) is 0 Å². The second-order valence-electron chi connectivity index (χ2n) is 4.43. The minimum Gasteiger partial charge on any atom is -0.391 e. The standard InChI is InChI=1S/C10H22NO6P/c1-6(2)15-18(14,16-7(3)4)17-10(13)9(11)8(5)12/h6-9,12H,11H2,1-5H3/t8-,9+/m1/s1. The molecule has 2 atom stereocenters. The van der Waals surface area contributed by atoms with E-state index in [4.69, 9.17) is 19.9 Å². The molecule has 0 fully saturated rings. The molecule has 108 valence electrons. The summed E-state index contributed by atoms with van der Waals surface area (Å²) in [6.45, 7) is 7.82. The van der Waals surface area contributed by atoms with Crippen molar-refractivity contribution in [3.8, 4) is 0 Å². The van der Waals surface area contributed by atoms with Gasteiger partial charge in [-0.2, -0.15) is 0 Å². The molecule has 0 aliphatic carbocycles. The molecule has 3 N–H and O–H groups in total. The number of carbonyl (C=O) groups excluding carboxylic acids is 1. The number of nitrogens with two attached hydrogens (primary N) is 1. The summed E-state index contributed by atoms with van der Waals surface area (Å²) in [5.41, 5.74) is 5.37. The quantitative estimate of drug-likeness (QED) is 0.675. The molecule has 0 heterocycles. The molecule has 0 aromatic rings. The zero-order valence-corrected chi connectivity index (χ0v) is 12.2. The van der Waals surface area contributed by atoms with E-state index in [1.807, 2.05) is 0 Å². The predicted octanol–water partition coefficient (Wildman–Crippen LogP) is 1.20. The van der Waals surface area contributed by atoms with Crippen LogP contribution in [0.25, 0.3) is 0 Å². The van der Waals surface area contributed by atoms with Crippen molar-refractivity contribution in [2.75, 3.05) is 0 Å². The van der Waals surface area contributed by atoms with Crippen molar-refractivity contribution in [2.24, 2.45) is 5.73 Å². The fourth-order valence-corrected chi connectivity index (χ4v) is 2.46. The first-order chi connectivity index (χ1) is 8.07. The van der Waals surface area contributed by atoms with E-state index in [0.29, 0.717) is 0 Å². The first-order valence-corrected chi connectivity index (χ1v) is 7.17. The highest BCUT2D eigenvalue weighted by Crippen LogP contribution is 2.51. The fraction of sp³-hybridized carbons (Fsp3) is 0.900. The van der Waals surface area contributed by atoms with Gasteiger partial charge in [-0.3, -0.25) is 9.05 Å². The topological polar surface area (TPSA) is 108 Å². The van der Waals surface area contributed by atoms with Crippen molar-refractivity contribution in [1.29, 1.82) is 0 Å². The van der Waals surface area contributed by atoms with E-state index < -0.39 is 38.1 Å². The normalized spacial score (nSPS) is 15.8. The minimum atomic E-state index is -4.02. The molecular weight excluding hydrogens is 261 g/mol. The van der Waals surface area contributed by atoms with Crippen molar-refractivity contribution in [3.05, 3.63) is 0 Å². The van der Waals surface area contributed by atoms with Crippen LogP contribution in [0.3, 0.4) is 0 Å². The van der Waals surface area contributed by atoms with Gasteiger partial charge in [0.1, 0.15) is 6.04 Å². The second kappa shape index (κ2) is 7.21. The zero-order chi connectivity index (χ0) is 14.5. The van der Waals surface area contributed by atoms with Gasteiger partial charge in [0, 0.05) is 0 Å². The number of hydrogen-bond donors (Lipinski definition) is 2. The lowest BCUT2D eigenvalue weighted by Crippen LogP contribution is -2.41. The smallest absolute Gasteiger partial charge is 0.391 e. The van der Waals surface area contributed by atoms with Gasteiger partial charge >= 0.3 is 13.8 Å². The second-order valence-corrected chi connectivity index (χ2v) is 5.93. The molecule has 0 saturated heterocycles. The van der Waals surface area contributed by atoms with Crippen LogP contribution < -0.4 is 5.73 Å². The highest BCUT2D eigenvalue weighted by atomic mass is 31.2. The lowest BCUT2D eigenvalue weighted by molar-refractivity contribution is -0.140. The Morgan fingerprint density at radius 3 is 1.78 bits per heavy atom. The molecule has 0 rings (SSSR count). The highest BCUT2D eigenvalue weighted by Gasteiger charge is 2.36. The van der Waals surface area contributed by atoms with Crippen LogP contribution in [-0.2, 0) is 22.9 Å². The summed E-state index contributed by atoms with van der Waals surface area (Å²) in [6.07, 6.45) is -2.03. The molecule has 0 unspecified atom stereocenters. The van der Waals surface area contributed by atoms with Crippen molar-refractivity contribution in [1.82, 2.24) is 0 Å². The van der Waals surface area contributed by atoms with Crippen molar-refractivity contribution >= 4 is 13.8 Å². The average molecular weight is 283 g/mol. The van der Waals surface area contributed by atoms with Crippen molar-refractivity contribution < 1.29 is 28.0 Å². The minimum absolute atomic E-state index is 0.454. The third kappa shape index (κ3) is 6.47. The van der Waals surface area contributed by atoms with Gasteiger partial charge in [-0.25, -0.2) is 9.36 Å². The highest BCUT2D eigenvalue weighted by molar-refractivity contribution is 7.49. The van der Waals surface area contributed by atoms with Crippen LogP contribution >= 0.6 is 7.82 Å². The van der Waals surface area contributed by atoms with Crippen LogP contribution in [-0.4, -0.2) is 35.4 Å². The fourth-order valence-electron chi connectivity index (χ4n) is 0.952. The number of phosphoric acid groups is 1. The molecule has 0 radical (unpaired) electrons. The van der Waals surface area contributed by atoms with Crippen molar-refractivity contribution in [3.63, 3.8) is 0 Å². The van der Waals surface area contributed by atoms with Gasteiger partial charge in [0.05, 0.1) is 18.3 Å². The summed E-state index contributed by atoms with van der Waals surface area (Å²) < 4.78 is 26.8. The molecule has 7 nitrogen and oxygen atoms in total. The van der Waals surface area contributed by atoms with Gasteiger partial charge in [0.15, 0.2) is 0 Å². The van der Waals surface area contributed by atoms with E-state index in [9.17, 15) is 9.36 Å². The molecule has 0 bridgehead atoms. The van der Waals surface area contributed by atoms with Gasteiger partial charge in [0.2, 0.25) is 0 Å². The summed E-state index contributed by atoms with van der Waals surface area (Å²) in [6, 6.07) is -1.30.